The van der Waals surface area contributed by atoms with Crippen molar-refractivity contribution in [1.29, 1.82) is 0 Å². The highest BCUT2D eigenvalue weighted by Crippen LogP contribution is 2.22. The monoisotopic (exact) mass is 332 g/mol. The maximum absolute atomic E-state index is 9.96. The van der Waals surface area contributed by atoms with Crippen molar-refractivity contribution < 1.29 is 35.0 Å². The van der Waals surface area contributed by atoms with E-state index in [1.54, 1.807) is 13.0 Å². The number of aliphatic hydroxyl groups is 5. The number of rotatable bonds is 7. The molecule has 0 aromatic carbocycles. The Morgan fingerprint density at radius 3 is 2.30 bits per heavy atom. The van der Waals surface area contributed by atoms with Crippen LogP contribution in [0.3, 0.4) is 0 Å². The molecule has 23 heavy (non-hydrogen) atoms. The highest BCUT2D eigenvalue weighted by atomic mass is 16.7. The third-order valence-electron chi connectivity index (χ3n) is 3.79. The molecule has 0 aromatic heterocycles. The Labute approximate surface area is 136 Å². The number of hydrogen-bond acceptors (Lipinski definition) is 7. The molecule has 0 aliphatic carbocycles. The minimum absolute atomic E-state index is 0.0560. The van der Waals surface area contributed by atoms with Crippen LogP contribution in [0.2, 0.25) is 0 Å². The smallest absolute Gasteiger partial charge is 0.187 e. The molecule has 1 saturated heterocycles. The van der Waals surface area contributed by atoms with E-state index in [-0.39, 0.29) is 6.61 Å². The first-order valence-electron chi connectivity index (χ1n) is 7.68. The van der Waals surface area contributed by atoms with Crippen molar-refractivity contribution in [2.45, 2.75) is 64.0 Å². The molecule has 134 valence electrons. The highest BCUT2D eigenvalue weighted by Gasteiger charge is 2.43. The average Bonchev–Trinajstić information content (AvgIpc) is 2.52. The second-order valence-electron chi connectivity index (χ2n) is 6.01. The summed E-state index contributed by atoms with van der Waals surface area (Å²) in [5, 5.41) is 48.2. The Morgan fingerprint density at radius 2 is 1.74 bits per heavy atom. The summed E-state index contributed by atoms with van der Waals surface area (Å²) >= 11 is 0. The molecule has 1 heterocycles. The van der Waals surface area contributed by atoms with Crippen molar-refractivity contribution in [2.75, 3.05) is 13.2 Å². The van der Waals surface area contributed by atoms with Crippen molar-refractivity contribution in [3.05, 3.63) is 23.3 Å². The van der Waals surface area contributed by atoms with Gasteiger partial charge in [-0.3, -0.25) is 0 Å². The van der Waals surface area contributed by atoms with Crippen molar-refractivity contribution in [2.24, 2.45) is 0 Å². The van der Waals surface area contributed by atoms with Crippen LogP contribution in [0, 0.1) is 0 Å². The van der Waals surface area contributed by atoms with E-state index in [9.17, 15) is 20.4 Å². The Bertz CT molecular complexity index is 415. The van der Waals surface area contributed by atoms with Crippen molar-refractivity contribution in [1.82, 2.24) is 0 Å². The molecule has 1 aliphatic rings. The summed E-state index contributed by atoms with van der Waals surface area (Å²) in [5.74, 6) is 0. The summed E-state index contributed by atoms with van der Waals surface area (Å²) in [6, 6.07) is 0. The van der Waals surface area contributed by atoms with Gasteiger partial charge in [0.15, 0.2) is 6.29 Å². The van der Waals surface area contributed by atoms with E-state index in [0.717, 1.165) is 5.57 Å². The first kappa shape index (κ1) is 20.2. The minimum Gasteiger partial charge on any atom is -0.394 e. The molecule has 6 atom stereocenters. The van der Waals surface area contributed by atoms with E-state index in [1.807, 2.05) is 19.9 Å². The quantitative estimate of drug-likeness (QED) is 0.397. The first-order chi connectivity index (χ1) is 10.8. The molecule has 0 amide bonds. The summed E-state index contributed by atoms with van der Waals surface area (Å²) in [7, 11) is 0. The highest BCUT2D eigenvalue weighted by molar-refractivity contribution is 5.08. The number of aliphatic hydroxyl groups excluding tert-OH is 5. The van der Waals surface area contributed by atoms with Crippen LogP contribution in [0.5, 0.6) is 0 Å². The van der Waals surface area contributed by atoms with Gasteiger partial charge in [0.25, 0.3) is 0 Å². The fourth-order valence-electron chi connectivity index (χ4n) is 2.15. The van der Waals surface area contributed by atoms with Crippen LogP contribution in [-0.4, -0.2) is 75.6 Å². The van der Waals surface area contributed by atoms with Crippen LogP contribution in [0.1, 0.15) is 27.2 Å². The first-order valence-corrected chi connectivity index (χ1v) is 7.68. The second-order valence-corrected chi connectivity index (χ2v) is 6.01. The minimum atomic E-state index is -1.46. The van der Waals surface area contributed by atoms with Crippen molar-refractivity contribution >= 4 is 0 Å². The lowest BCUT2D eigenvalue weighted by atomic mass is 9.99. The molecule has 1 fully saturated rings. The Hall–Kier alpha value is -0.800. The molecular weight excluding hydrogens is 304 g/mol. The van der Waals surface area contributed by atoms with E-state index < -0.39 is 43.4 Å². The van der Waals surface area contributed by atoms with Gasteiger partial charge in [-0.05, 0) is 32.8 Å². The SMILES string of the molecule is CC(C)=CC[C@H](O)/C(C)=C/CO[C@@H]1O[C@H](CO)[C@H](O)[C@H](O)[C@H]1O. The van der Waals surface area contributed by atoms with Gasteiger partial charge in [-0.1, -0.05) is 17.7 Å². The van der Waals surface area contributed by atoms with Crippen molar-refractivity contribution in [3.8, 4) is 0 Å². The summed E-state index contributed by atoms with van der Waals surface area (Å²) in [4.78, 5) is 0. The van der Waals surface area contributed by atoms with Gasteiger partial charge in [-0.15, -0.1) is 0 Å². The van der Waals surface area contributed by atoms with Crippen LogP contribution in [0.4, 0.5) is 0 Å². The largest absolute Gasteiger partial charge is 0.394 e. The maximum atomic E-state index is 9.96. The van der Waals surface area contributed by atoms with Crippen LogP contribution >= 0.6 is 0 Å². The van der Waals surface area contributed by atoms with Gasteiger partial charge in [0.05, 0.1) is 19.3 Å². The van der Waals surface area contributed by atoms with Gasteiger partial charge in [0, 0.05) is 0 Å². The van der Waals surface area contributed by atoms with Gasteiger partial charge >= 0.3 is 0 Å². The lowest BCUT2D eigenvalue weighted by molar-refractivity contribution is -0.298. The molecule has 0 unspecified atom stereocenters. The Kier molecular flexibility index (Phi) is 8.35. The lowest BCUT2D eigenvalue weighted by Gasteiger charge is -2.39. The molecule has 0 radical (unpaired) electrons. The predicted molar refractivity (Wildman–Crippen MR) is 83.5 cm³/mol. The molecule has 7 nitrogen and oxygen atoms in total. The van der Waals surface area contributed by atoms with Crippen LogP contribution in [0.25, 0.3) is 0 Å². The third kappa shape index (κ3) is 5.96. The van der Waals surface area contributed by atoms with Gasteiger partial charge < -0.3 is 35.0 Å². The van der Waals surface area contributed by atoms with Crippen LogP contribution < -0.4 is 0 Å². The summed E-state index contributed by atoms with van der Waals surface area (Å²) < 4.78 is 10.6. The zero-order chi connectivity index (χ0) is 17.6. The summed E-state index contributed by atoms with van der Waals surface area (Å²) in [6.07, 6.45) is -2.97. The summed E-state index contributed by atoms with van der Waals surface area (Å²) in [5.41, 5.74) is 1.83. The van der Waals surface area contributed by atoms with E-state index in [1.165, 1.54) is 0 Å². The van der Waals surface area contributed by atoms with E-state index in [0.29, 0.717) is 12.0 Å². The number of hydrogen-bond donors (Lipinski definition) is 5. The maximum Gasteiger partial charge on any atom is 0.187 e. The average molecular weight is 332 g/mol. The fraction of sp³-hybridized carbons (Fsp3) is 0.750. The zero-order valence-electron chi connectivity index (χ0n) is 13.8. The topological polar surface area (TPSA) is 120 Å². The predicted octanol–water partition coefficient (Wildman–Crippen LogP) is -0.534. The Balaban J connectivity index is 2.53. The summed E-state index contributed by atoms with van der Waals surface area (Å²) in [6.45, 7) is 5.23. The number of allylic oxidation sites excluding steroid dienone is 1. The van der Waals surface area contributed by atoms with Gasteiger partial charge in [0.2, 0.25) is 0 Å². The lowest BCUT2D eigenvalue weighted by Crippen LogP contribution is -2.59. The van der Waals surface area contributed by atoms with E-state index in [4.69, 9.17) is 14.6 Å². The fourth-order valence-corrected chi connectivity index (χ4v) is 2.15. The van der Waals surface area contributed by atoms with Crippen molar-refractivity contribution in [3.63, 3.8) is 0 Å². The molecule has 1 rings (SSSR count). The van der Waals surface area contributed by atoms with Gasteiger partial charge in [0.1, 0.15) is 24.4 Å². The van der Waals surface area contributed by atoms with Gasteiger partial charge in [-0.2, -0.15) is 0 Å². The molecule has 0 spiro atoms. The second kappa shape index (κ2) is 9.48. The molecule has 1 aliphatic heterocycles. The molecule has 0 aromatic rings. The molecule has 5 N–H and O–H groups in total. The normalized spacial score (nSPS) is 33.4. The van der Waals surface area contributed by atoms with Crippen LogP contribution in [-0.2, 0) is 9.47 Å². The van der Waals surface area contributed by atoms with E-state index >= 15 is 0 Å². The van der Waals surface area contributed by atoms with Gasteiger partial charge in [-0.25, -0.2) is 0 Å². The zero-order valence-corrected chi connectivity index (χ0v) is 13.8. The molecule has 7 heteroatoms. The van der Waals surface area contributed by atoms with E-state index in [2.05, 4.69) is 0 Å². The standard InChI is InChI=1S/C16H28O7/c1-9(2)4-5-11(18)10(3)6-7-22-16-15(21)14(20)13(19)12(8-17)23-16/h4,6,11-21H,5,7-8H2,1-3H3/b10-6+/t11-,12+,13-,14-,15+,16+/m0/s1. The molecular formula is C16H28O7. The Morgan fingerprint density at radius 1 is 1.09 bits per heavy atom. The molecule has 0 saturated carbocycles. The third-order valence-corrected chi connectivity index (χ3v) is 3.79. The number of ether oxygens (including phenoxy) is 2. The molecule has 0 bridgehead atoms. The van der Waals surface area contributed by atoms with Crippen LogP contribution in [0.15, 0.2) is 23.3 Å².